The zero-order chi connectivity index (χ0) is 12.1. The molecule has 0 radical (unpaired) electrons. The Morgan fingerprint density at radius 2 is 2.00 bits per heavy atom. The predicted octanol–water partition coefficient (Wildman–Crippen LogP) is 2.02. The van der Waals surface area contributed by atoms with Gasteiger partial charge in [-0.1, -0.05) is 6.42 Å². The zero-order valence-corrected chi connectivity index (χ0v) is 11.1. The average molecular weight is 238 g/mol. The molecule has 1 N–H and O–H groups in total. The van der Waals surface area contributed by atoms with Crippen LogP contribution >= 0.6 is 0 Å². The van der Waals surface area contributed by atoms with Crippen LogP contribution in [0.2, 0.25) is 0 Å². The number of piperidine rings is 1. The van der Waals surface area contributed by atoms with E-state index < -0.39 is 0 Å². The highest BCUT2D eigenvalue weighted by Crippen LogP contribution is 2.27. The Balaban J connectivity index is 1.74. The summed E-state index contributed by atoms with van der Waals surface area (Å²) in [5.74, 6) is 1.75. The molecule has 3 heteroatoms. The van der Waals surface area contributed by atoms with Crippen molar-refractivity contribution < 1.29 is 4.79 Å². The lowest BCUT2D eigenvalue weighted by Crippen LogP contribution is -2.40. The number of hydrogen-bond acceptors (Lipinski definition) is 2. The van der Waals surface area contributed by atoms with Crippen LogP contribution in [0.4, 0.5) is 0 Å². The molecule has 1 unspecified atom stereocenters. The first-order valence-corrected chi connectivity index (χ1v) is 7.28. The van der Waals surface area contributed by atoms with Crippen molar-refractivity contribution in [2.45, 2.75) is 45.4 Å². The van der Waals surface area contributed by atoms with Crippen LogP contribution in [-0.2, 0) is 4.79 Å². The lowest BCUT2D eigenvalue weighted by molar-refractivity contribution is -0.133. The normalized spacial score (nSPS) is 25.4. The van der Waals surface area contributed by atoms with Crippen LogP contribution < -0.4 is 5.32 Å². The van der Waals surface area contributed by atoms with Crippen LogP contribution in [-0.4, -0.2) is 37.0 Å². The van der Waals surface area contributed by atoms with Crippen molar-refractivity contribution >= 4 is 5.91 Å². The molecule has 1 atom stereocenters. The summed E-state index contributed by atoms with van der Waals surface area (Å²) in [5.41, 5.74) is 0. The molecule has 1 saturated carbocycles. The van der Waals surface area contributed by atoms with Gasteiger partial charge in [0.2, 0.25) is 5.91 Å². The molecular formula is C14H26N2O. The molecule has 98 valence electrons. The molecule has 1 heterocycles. The number of rotatable bonds is 5. The summed E-state index contributed by atoms with van der Waals surface area (Å²) in [5, 5.41) is 3.39. The third-order valence-corrected chi connectivity index (χ3v) is 4.30. The molecular weight excluding hydrogens is 212 g/mol. The molecule has 2 fully saturated rings. The molecule has 1 aliphatic carbocycles. The van der Waals surface area contributed by atoms with Crippen LogP contribution in [0.25, 0.3) is 0 Å². The number of hydrogen-bond donors (Lipinski definition) is 1. The monoisotopic (exact) mass is 238 g/mol. The minimum absolute atomic E-state index is 0.383. The number of amides is 1. The Morgan fingerprint density at radius 1 is 1.24 bits per heavy atom. The van der Waals surface area contributed by atoms with Gasteiger partial charge in [0.1, 0.15) is 0 Å². The van der Waals surface area contributed by atoms with E-state index in [1.54, 1.807) is 0 Å². The van der Waals surface area contributed by atoms with Crippen LogP contribution in [0.1, 0.15) is 45.4 Å². The Morgan fingerprint density at radius 3 is 2.53 bits per heavy atom. The summed E-state index contributed by atoms with van der Waals surface area (Å²) >= 11 is 0. The van der Waals surface area contributed by atoms with Crippen LogP contribution in [0.3, 0.4) is 0 Å². The fourth-order valence-electron chi connectivity index (χ4n) is 2.87. The van der Waals surface area contributed by atoms with E-state index >= 15 is 0 Å². The maximum absolute atomic E-state index is 12.2. The number of carbonyl (C=O) groups is 1. The molecule has 3 nitrogen and oxygen atoms in total. The topological polar surface area (TPSA) is 32.3 Å². The smallest absolute Gasteiger partial charge is 0.222 e. The highest BCUT2D eigenvalue weighted by molar-refractivity contribution is 5.76. The van der Waals surface area contributed by atoms with Crippen molar-refractivity contribution in [2.75, 3.05) is 26.2 Å². The second-order valence-corrected chi connectivity index (χ2v) is 5.65. The first kappa shape index (κ1) is 12.9. The van der Waals surface area contributed by atoms with Crippen molar-refractivity contribution in [3.8, 4) is 0 Å². The van der Waals surface area contributed by atoms with E-state index in [-0.39, 0.29) is 0 Å². The Labute approximate surface area is 105 Å². The van der Waals surface area contributed by atoms with Crippen molar-refractivity contribution in [2.24, 2.45) is 11.8 Å². The number of carbonyl (C=O) groups excluding carboxylic acids is 1. The number of nitrogens with zero attached hydrogens (tertiary/aromatic N) is 1. The average Bonchev–Trinajstić information content (AvgIpc) is 2.29. The Bertz CT molecular complexity index is 245. The highest BCUT2D eigenvalue weighted by atomic mass is 16.2. The third kappa shape index (κ3) is 3.70. The maximum atomic E-state index is 12.2. The summed E-state index contributed by atoms with van der Waals surface area (Å²) in [6.45, 7) is 6.16. The van der Waals surface area contributed by atoms with Gasteiger partial charge in [-0.05, 0) is 57.5 Å². The van der Waals surface area contributed by atoms with Gasteiger partial charge in [0.15, 0.2) is 0 Å². The van der Waals surface area contributed by atoms with Gasteiger partial charge in [-0.25, -0.2) is 0 Å². The van der Waals surface area contributed by atoms with Gasteiger partial charge in [-0.3, -0.25) is 4.79 Å². The van der Waals surface area contributed by atoms with E-state index in [1.165, 1.54) is 32.1 Å². The van der Waals surface area contributed by atoms with Crippen molar-refractivity contribution in [3.05, 3.63) is 0 Å². The second-order valence-electron chi connectivity index (χ2n) is 5.65. The zero-order valence-electron chi connectivity index (χ0n) is 11.1. The van der Waals surface area contributed by atoms with Gasteiger partial charge in [-0.2, -0.15) is 0 Å². The van der Waals surface area contributed by atoms with Crippen LogP contribution in [0.15, 0.2) is 0 Å². The van der Waals surface area contributed by atoms with Crippen molar-refractivity contribution in [3.63, 3.8) is 0 Å². The first-order valence-electron chi connectivity index (χ1n) is 7.28. The fourth-order valence-corrected chi connectivity index (χ4v) is 2.87. The third-order valence-electron chi connectivity index (χ3n) is 4.30. The highest BCUT2D eigenvalue weighted by Gasteiger charge is 2.24. The van der Waals surface area contributed by atoms with E-state index in [9.17, 15) is 4.79 Å². The molecule has 0 aromatic heterocycles. The van der Waals surface area contributed by atoms with E-state index in [2.05, 4.69) is 17.1 Å². The van der Waals surface area contributed by atoms with Crippen LogP contribution in [0, 0.1) is 11.8 Å². The molecule has 1 saturated heterocycles. The molecule has 0 aromatic rings. The Kier molecular flexibility index (Phi) is 4.84. The minimum Gasteiger partial charge on any atom is -0.343 e. The van der Waals surface area contributed by atoms with Gasteiger partial charge >= 0.3 is 0 Å². The van der Waals surface area contributed by atoms with Crippen molar-refractivity contribution in [1.82, 2.24) is 10.2 Å². The standard InChI is InChI=1S/C14H26N2O/c1-2-16(11-12-5-3-6-12)14(17)9-13-7-4-8-15-10-13/h12-13,15H,2-11H2,1H3. The van der Waals surface area contributed by atoms with Gasteiger partial charge in [0.25, 0.3) is 0 Å². The van der Waals surface area contributed by atoms with Gasteiger partial charge < -0.3 is 10.2 Å². The van der Waals surface area contributed by atoms with Gasteiger partial charge in [0.05, 0.1) is 0 Å². The molecule has 0 spiro atoms. The predicted molar refractivity (Wildman–Crippen MR) is 69.8 cm³/mol. The Hall–Kier alpha value is -0.570. The summed E-state index contributed by atoms with van der Waals surface area (Å²) in [4.78, 5) is 14.3. The molecule has 0 aromatic carbocycles. The molecule has 0 bridgehead atoms. The van der Waals surface area contributed by atoms with E-state index in [0.717, 1.165) is 38.5 Å². The fraction of sp³-hybridized carbons (Fsp3) is 0.929. The lowest BCUT2D eigenvalue weighted by atomic mass is 9.85. The molecule has 1 amide bonds. The van der Waals surface area contributed by atoms with Crippen LogP contribution in [0.5, 0.6) is 0 Å². The second kappa shape index (κ2) is 6.39. The SMILES string of the molecule is CCN(CC1CCC1)C(=O)CC1CCCNC1. The largest absolute Gasteiger partial charge is 0.343 e. The minimum atomic E-state index is 0.383. The molecule has 17 heavy (non-hydrogen) atoms. The maximum Gasteiger partial charge on any atom is 0.222 e. The first-order chi connectivity index (χ1) is 8.29. The van der Waals surface area contributed by atoms with E-state index in [1.807, 2.05) is 0 Å². The summed E-state index contributed by atoms with van der Waals surface area (Å²) in [6.07, 6.45) is 7.23. The molecule has 1 aliphatic heterocycles. The van der Waals surface area contributed by atoms with Crippen molar-refractivity contribution in [1.29, 1.82) is 0 Å². The van der Waals surface area contributed by atoms with Gasteiger partial charge in [-0.15, -0.1) is 0 Å². The number of nitrogens with one attached hydrogen (secondary N) is 1. The van der Waals surface area contributed by atoms with E-state index in [0.29, 0.717) is 11.8 Å². The lowest BCUT2D eigenvalue weighted by Gasteiger charge is -2.33. The summed E-state index contributed by atoms with van der Waals surface area (Å²) in [7, 11) is 0. The molecule has 2 rings (SSSR count). The molecule has 2 aliphatic rings. The summed E-state index contributed by atoms with van der Waals surface area (Å²) < 4.78 is 0. The van der Waals surface area contributed by atoms with E-state index in [4.69, 9.17) is 0 Å². The summed E-state index contributed by atoms with van der Waals surface area (Å²) in [6, 6.07) is 0. The van der Waals surface area contributed by atoms with Gasteiger partial charge in [0, 0.05) is 19.5 Å². The quantitative estimate of drug-likeness (QED) is 0.795.